The van der Waals surface area contributed by atoms with E-state index in [9.17, 15) is 13.2 Å². The molecular formula is C11H12N2O4S. The second-order valence-electron chi connectivity index (χ2n) is 3.64. The lowest BCUT2D eigenvalue weighted by Gasteiger charge is -2.22. The van der Waals surface area contributed by atoms with Crippen molar-refractivity contribution in [3.63, 3.8) is 0 Å². The highest BCUT2D eigenvalue weighted by Gasteiger charge is 2.24. The highest BCUT2D eigenvalue weighted by Crippen LogP contribution is 2.07. The summed E-state index contributed by atoms with van der Waals surface area (Å²) in [5, 5.41) is 0. The summed E-state index contributed by atoms with van der Waals surface area (Å²) in [6.45, 7) is 0.155. The first-order chi connectivity index (χ1) is 8.58. The number of nitrogens with zero attached hydrogens (tertiary/aromatic N) is 1. The van der Waals surface area contributed by atoms with Crippen molar-refractivity contribution in [2.45, 2.75) is 6.61 Å². The molecule has 1 amide bonds. The second-order valence-corrected chi connectivity index (χ2v) is 5.26. The van der Waals surface area contributed by atoms with Crippen LogP contribution in [0.3, 0.4) is 0 Å². The number of nitrogens with one attached hydrogen (secondary N) is 1. The molecule has 2 rings (SSSR count). The SMILES string of the molecule is O=C1C=CN(COCc2ccccc2)S(=O)(=O)N1. The van der Waals surface area contributed by atoms with Crippen LogP contribution in [0.5, 0.6) is 0 Å². The van der Waals surface area contributed by atoms with Gasteiger partial charge in [-0.05, 0) is 5.56 Å². The molecule has 0 aromatic heterocycles. The van der Waals surface area contributed by atoms with Crippen LogP contribution in [0, 0.1) is 0 Å². The average molecular weight is 268 g/mol. The summed E-state index contributed by atoms with van der Waals surface area (Å²) in [5.74, 6) is -0.658. The zero-order chi connectivity index (χ0) is 13.0. The van der Waals surface area contributed by atoms with Gasteiger partial charge in [0.1, 0.15) is 6.73 Å². The molecule has 0 unspecified atom stereocenters. The summed E-state index contributed by atoms with van der Waals surface area (Å²) < 4.78 is 31.0. The van der Waals surface area contributed by atoms with E-state index >= 15 is 0 Å². The first-order valence-electron chi connectivity index (χ1n) is 5.21. The minimum absolute atomic E-state index is 0.145. The van der Waals surface area contributed by atoms with Gasteiger partial charge in [-0.15, -0.1) is 0 Å². The lowest BCUT2D eigenvalue weighted by Crippen LogP contribution is -2.44. The van der Waals surface area contributed by atoms with Crippen LogP contribution in [-0.4, -0.2) is 25.4 Å². The van der Waals surface area contributed by atoms with Gasteiger partial charge in [0.2, 0.25) is 0 Å². The Hall–Kier alpha value is -1.86. The van der Waals surface area contributed by atoms with Crippen molar-refractivity contribution >= 4 is 16.1 Å². The fraction of sp³-hybridized carbons (Fsp3) is 0.182. The van der Waals surface area contributed by atoms with Gasteiger partial charge in [-0.25, -0.2) is 9.03 Å². The van der Waals surface area contributed by atoms with Gasteiger partial charge in [-0.1, -0.05) is 30.3 Å². The monoisotopic (exact) mass is 268 g/mol. The van der Waals surface area contributed by atoms with E-state index in [-0.39, 0.29) is 6.73 Å². The summed E-state index contributed by atoms with van der Waals surface area (Å²) in [6.07, 6.45) is 2.31. The van der Waals surface area contributed by atoms with Crippen LogP contribution in [0.2, 0.25) is 0 Å². The zero-order valence-electron chi connectivity index (χ0n) is 9.44. The maximum atomic E-state index is 11.5. The van der Waals surface area contributed by atoms with Gasteiger partial charge < -0.3 is 4.74 Å². The summed E-state index contributed by atoms with van der Waals surface area (Å²) in [7, 11) is -3.81. The van der Waals surface area contributed by atoms with Gasteiger partial charge in [-0.3, -0.25) is 4.79 Å². The van der Waals surface area contributed by atoms with Gasteiger partial charge in [0.05, 0.1) is 6.61 Å². The standard InChI is InChI=1S/C11H12N2O4S/c14-11-6-7-13(18(15,16)12-11)9-17-8-10-4-2-1-3-5-10/h1-7H,8-9H2,(H,12,14). The zero-order valence-corrected chi connectivity index (χ0v) is 10.3. The summed E-state index contributed by atoms with van der Waals surface area (Å²) >= 11 is 0. The molecule has 0 bridgehead atoms. The first-order valence-corrected chi connectivity index (χ1v) is 6.65. The van der Waals surface area contributed by atoms with Crippen molar-refractivity contribution in [2.75, 3.05) is 6.73 Å². The van der Waals surface area contributed by atoms with Crippen LogP contribution in [0.25, 0.3) is 0 Å². The number of amides is 1. The van der Waals surface area contributed by atoms with E-state index in [0.717, 1.165) is 15.9 Å². The van der Waals surface area contributed by atoms with Crippen LogP contribution in [0.15, 0.2) is 42.6 Å². The van der Waals surface area contributed by atoms with Crippen molar-refractivity contribution in [2.24, 2.45) is 0 Å². The Kier molecular flexibility index (Phi) is 3.63. The molecule has 1 aromatic carbocycles. The molecule has 0 saturated carbocycles. The van der Waals surface area contributed by atoms with E-state index in [1.807, 2.05) is 35.1 Å². The van der Waals surface area contributed by atoms with Gasteiger partial charge in [0.15, 0.2) is 0 Å². The molecule has 0 atom stereocenters. The molecule has 0 aliphatic carbocycles. The molecule has 7 heteroatoms. The predicted molar refractivity (Wildman–Crippen MR) is 64.1 cm³/mol. The van der Waals surface area contributed by atoms with Crippen molar-refractivity contribution in [1.29, 1.82) is 0 Å². The number of benzene rings is 1. The van der Waals surface area contributed by atoms with Crippen molar-refractivity contribution in [3.05, 3.63) is 48.2 Å². The minimum Gasteiger partial charge on any atom is -0.355 e. The molecule has 1 N–H and O–H groups in total. The van der Waals surface area contributed by atoms with Gasteiger partial charge >= 0.3 is 10.2 Å². The third-order valence-electron chi connectivity index (χ3n) is 2.26. The third-order valence-corrected chi connectivity index (χ3v) is 3.56. The van der Waals surface area contributed by atoms with E-state index in [4.69, 9.17) is 4.74 Å². The van der Waals surface area contributed by atoms with E-state index < -0.39 is 16.1 Å². The smallest absolute Gasteiger partial charge is 0.327 e. The lowest BCUT2D eigenvalue weighted by atomic mass is 10.2. The molecule has 6 nitrogen and oxygen atoms in total. The van der Waals surface area contributed by atoms with E-state index in [1.165, 1.54) is 6.20 Å². The first kappa shape index (κ1) is 12.6. The molecule has 96 valence electrons. The van der Waals surface area contributed by atoms with Crippen molar-refractivity contribution in [3.8, 4) is 0 Å². The molecule has 1 aliphatic rings. The molecule has 0 saturated heterocycles. The largest absolute Gasteiger partial charge is 0.355 e. The molecule has 1 aromatic rings. The highest BCUT2D eigenvalue weighted by atomic mass is 32.2. The van der Waals surface area contributed by atoms with E-state index in [1.54, 1.807) is 0 Å². The number of rotatable bonds is 4. The summed E-state index contributed by atoms with van der Waals surface area (Å²) in [5.41, 5.74) is 0.944. The molecule has 1 aliphatic heterocycles. The van der Waals surface area contributed by atoms with Gasteiger partial charge in [0.25, 0.3) is 5.91 Å². The van der Waals surface area contributed by atoms with Gasteiger partial charge in [-0.2, -0.15) is 8.42 Å². The number of hydrogen-bond acceptors (Lipinski definition) is 4. The van der Waals surface area contributed by atoms with Crippen LogP contribution in [0.4, 0.5) is 0 Å². The van der Waals surface area contributed by atoms with E-state index in [2.05, 4.69) is 0 Å². The Bertz CT molecular complexity index is 554. The predicted octanol–water partition coefficient (Wildman–Crippen LogP) is 0.351. The number of carbonyl (C=O) groups excluding carboxylic acids is 1. The molecule has 0 fully saturated rings. The molecule has 18 heavy (non-hydrogen) atoms. The van der Waals surface area contributed by atoms with Crippen molar-refractivity contribution in [1.82, 2.24) is 9.03 Å². The fourth-order valence-electron chi connectivity index (χ4n) is 1.39. The normalized spacial score (nSPS) is 17.6. The maximum absolute atomic E-state index is 11.5. The third kappa shape index (κ3) is 3.08. The Morgan fingerprint density at radius 2 is 1.94 bits per heavy atom. The van der Waals surface area contributed by atoms with Crippen molar-refractivity contribution < 1.29 is 17.9 Å². The minimum atomic E-state index is -3.81. The van der Waals surface area contributed by atoms with Crippen LogP contribution < -0.4 is 4.72 Å². The molecule has 0 spiro atoms. The molecular weight excluding hydrogens is 256 g/mol. The maximum Gasteiger partial charge on any atom is 0.327 e. The van der Waals surface area contributed by atoms with Crippen LogP contribution >= 0.6 is 0 Å². The summed E-state index contributed by atoms with van der Waals surface area (Å²) in [4.78, 5) is 10.9. The van der Waals surface area contributed by atoms with Gasteiger partial charge in [0, 0.05) is 12.3 Å². The fourth-order valence-corrected chi connectivity index (χ4v) is 2.26. The topological polar surface area (TPSA) is 75.7 Å². The molecule has 0 radical (unpaired) electrons. The number of hydrogen-bond donors (Lipinski definition) is 1. The Balaban J connectivity index is 1.91. The highest BCUT2D eigenvalue weighted by molar-refractivity contribution is 7.87. The Morgan fingerprint density at radius 1 is 1.22 bits per heavy atom. The summed E-state index contributed by atoms with van der Waals surface area (Å²) in [6, 6.07) is 9.38. The average Bonchev–Trinajstić information content (AvgIpc) is 2.32. The number of ether oxygens (including phenoxy) is 1. The number of carbonyl (C=O) groups is 1. The van der Waals surface area contributed by atoms with Crippen LogP contribution in [0.1, 0.15) is 5.56 Å². The Morgan fingerprint density at radius 3 is 2.61 bits per heavy atom. The Labute approximate surface area is 105 Å². The second kappa shape index (κ2) is 5.19. The van der Waals surface area contributed by atoms with Crippen LogP contribution in [-0.2, 0) is 26.3 Å². The lowest BCUT2D eigenvalue weighted by molar-refractivity contribution is -0.115. The quantitative estimate of drug-likeness (QED) is 0.855. The molecule has 1 heterocycles. The van der Waals surface area contributed by atoms with E-state index in [0.29, 0.717) is 6.61 Å².